The SMILES string of the molecule is CCc1nn(CC)c(CO)c1Br. The lowest BCUT2D eigenvalue weighted by Crippen LogP contribution is -2.02. The first kappa shape index (κ1) is 9.74. The van der Waals surface area contributed by atoms with Gasteiger partial charge in [-0.05, 0) is 29.3 Å². The van der Waals surface area contributed by atoms with Crippen LogP contribution in [0.3, 0.4) is 0 Å². The maximum Gasteiger partial charge on any atom is 0.0861 e. The molecule has 0 aliphatic heterocycles. The molecule has 1 rings (SSSR count). The van der Waals surface area contributed by atoms with Crippen molar-refractivity contribution in [2.24, 2.45) is 0 Å². The third kappa shape index (κ3) is 1.54. The molecule has 68 valence electrons. The number of rotatable bonds is 3. The third-order valence-electron chi connectivity index (χ3n) is 1.84. The standard InChI is InChI=1S/C8H13BrN2O/c1-3-6-8(9)7(5-12)11(4-2)10-6/h12H,3-5H2,1-2H3. The highest BCUT2D eigenvalue weighted by atomic mass is 79.9. The number of aryl methyl sites for hydroxylation is 2. The highest BCUT2D eigenvalue weighted by Crippen LogP contribution is 2.21. The zero-order valence-corrected chi connectivity index (χ0v) is 8.93. The van der Waals surface area contributed by atoms with Gasteiger partial charge in [-0.2, -0.15) is 5.10 Å². The van der Waals surface area contributed by atoms with E-state index in [-0.39, 0.29) is 6.61 Å². The molecule has 4 heteroatoms. The van der Waals surface area contributed by atoms with E-state index < -0.39 is 0 Å². The zero-order valence-electron chi connectivity index (χ0n) is 7.34. The first-order valence-corrected chi connectivity index (χ1v) is 4.88. The minimum Gasteiger partial charge on any atom is -0.390 e. The fourth-order valence-electron chi connectivity index (χ4n) is 1.17. The minimum absolute atomic E-state index is 0.0431. The van der Waals surface area contributed by atoms with Crippen molar-refractivity contribution in [3.05, 3.63) is 15.9 Å². The summed E-state index contributed by atoms with van der Waals surface area (Å²) in [5.74, 6) is 0. The van der Waals surface area contributed by atoms with E-state index in [2.05, 4.69) is 21.0 Å². The molecule has 0 aliphatic rings. The van der Waals surface area contributed by atoms with Crippen molar-refractivity contribution in [1.82, 2.24) is 9.78 Å². The predicted octanol–water partition coefficient (Wildman–Crippen LogP) is 1.72. The van der Waals surface area contributed by atoms with Crippen molar-refractivity contribution in [2.45, 2.75) is 33.4 Å². The Morgan fingerprint density at radius 1 is 1.50 bits per heavy atom. The summed E-state index contributed by atoms with van der Waals surface area (Å²) in [5, 5.41) is 13.4. The Kier molecular flexibility index (Phi) is 3.29. The second kappa shape index (κ2) is 4.05. The molecule has 3 nitrogen and oxygen atoms in total. The van der Waals surface area contributed by atoms with E-state index in [9.17, 15) is 0 Å². The van der Waals surface area contributed by atoms with Crippen LogP contribution in [0.2, 0.25) is 0 Å². The van der Waals surface area contributed by atoms with Crippen molar-refractivity contribution in [3.63, 3.8) is 0 Å². The van der Waals surface area contributed by atoms with Crippen molar-refractivity contribution >= 4 is 15.9 Å². The van der Waals surface area contributed by atoms with Crippen molar-refractivity contribution in [3.8, 4) is 0 Å². The second-order valence-electron chi connectivity index (χ2n) is 2.53. The zero-order chi connectivity index (χ0) is 9.14. The fraction of sp³-hybridized carbons (Fsp3) is 0.625. The van der Waals surface area contributed by atoms with E-state index in [1.165, 1.54) is 0 Å². The minimum atomic E-state index is 0.0431. The van der Waals surface area contributed by atoms with Gasteiger partial charge in [-0.1, -0.05) is 6.92 Å². The Balaban J connectivity index is 3.13. The molecule has 1 aromatic heterocycles. The molecule has 0 saturated carbocycles. The molecule has 0 aliphatic carbocycles. The largest absolute Gasteiger partial charge is 0.390 e. The molecule has 12 heavy (non-hydrogen) atoms. The van der Waals surface area contributed by atoms with E-state index in [0.717, 1.165) is 28.8 Å². The monoisotopic (exact) mass is 232 g/mol. The van der Waals surface area contributed by atoms with Crippen LogP contribution in [0.25, 0.3) is 0 Å². The van der Waals surface area contributed by atoms with Gasteiger partial charge in [0.05, 0.1) is 22.5 Å². The van der Waals surface area contributed by atoms with E-state index in [1.807, 2.05) is 18.5 Å². The summed E-state index contributed by atoms with van der Waals surface area (Å²) in [6.07, 6.45) is 0.889. The normalized spacial score (nSPS) is 10.7. The lowest BCUT2D eigenvalue weighted by atomic mass is 10.3. The van der Waals surface area contributed by atoms with Gasteiger partial charge in [0, 0.05) is 6.54 Å². The van der Waals surface area contributed by atoms with Gasteiger partial charge in [-0.3, -0.25) is 4.68 Å². The maximum atomic E-state index is 9.05. The van der Waals surface area contributed by atoms with Crippen LogP contribution in [0, 0.1) is 0 Å². The van der Waals surface area contributed by atoms with Crippen LogP contribution >= 0.6 is 15.9 Å². The van der Waals surface area contributed by atoms with Crippen LogP contribution in [0.5, 0.6) is 0 Å². The van der Waals surface area contributed by atoms with Gasteiger partial charge in [0.15, 0.2) is 0 Å². The van der Waals surface area contributed by atoms with Gasteiger partial charge in [0.25, 0.3) is 0 Å². The molecular weight excluding hydrogens is 220 g/mol. The van der Waals surface area contributed by atoms with Gasteiger partial charge in [0.1, 0.15) is 0 Å². The Hall–Kier alpha value is -0.350. The Morgan fingerprint density at radius 2 is 2.17 bits per heavy atom. The summed E-state index contributed by atoms with van der Waals surface area (Å²) in [5.41, 5.74) is 1.88. The Morgan fingerprint density at radius 3 is 2.50 bits per heavy atom. The van der Waals surface area contributed by atoms with Gasteiger partial charge in [-0.25, -0.2) is 0 Å². The lowest BCUT2D eigenvalue weighted by Gasteiger charge is -1.99. The van der Waals surface area contributed by atoms with E-state index >= 15 is 0 Å². The van der Waals surface area contributed by atoms with Crippen LogP contribution < -0.4 is 0 Å². The molecular formula is C8H13BrN2O. The third-order valence-corrected chi connectivity index (χ3v) is 2.76. The predicted molar refractivity (Wildman–Crippen MR) is 50.9 cm³/mol. The second-order valence-corrected chi connectivity index (χ2v) is 3.33. The molecule has 0 aromatic carbocycles. The van der Waals surface area contributed by atoms with Crippen LogP contribution in [0.1, 0.15) is 25.2 Å². The van der Waals surface area contributed by atoms with Gasteiger partial charge in [-0.15, -0.1) is 0 Å². The summed E-state index contributed by atoms with van der Waals surface area (Å²) in [7, 11) is 0. The van der Waals surface area contributed by atoms with E-state index in [4.69, 9.17) is 5.11 Å². The van der Waals surface area contributed by atoms with Crippen molar-refractivity contribution in [2.75, 3.05) is 0 Å². The molecule has 1 N–H and O–H groups in total. The summed E-state index contributed by atoms with van der Waals surface area (Å²) in [6.45, 7) is 4.90. The molecule has 1 aromatic rings. The van der Waals surface area contributed by atoms with E-state index in [1.54, 1.807) is 0 Å². The van der Waals surface area contributed by atoms with Crippen LogP contribution in [0.15, 0.2) is 4.47 Å². The summed E-state index contributed by atoms with van der Waals surface area (Å²) in [4.78, 5) is 0. The van der Waals surface area contributed by atoms with Crippen molar-refractivity contribution in [1.29, 1.82) is 0 Å². The summed E-state index contributed by atoms with van der Waals surface area (Å²) < 4.78 is 2.78. The molecule has 0 unspecified atom stereocenters. The average molecular weight is 233 g/mol. The molecule has 0 saturated heterocycles. The molecule has 0 fully saturated rings. The van der Waals surface area contributed by atoms with Crippen LogP contribution in [-0.4, -0.2) is 14.9 Å². The molecule has 0 spiro atoms. The first-order chi connectivity index (χ1) is 5.74. The highest BCUT2D eigenvalue weighted by molar-refractivity contribution is 9.10. The highest BCUT2D eigenvalue weighted by Gasteiger charge is 2.11. The number of aliphatic hydroxyl groups excluding tert-OH is 1. The number of nitrogens with zero attached hydrogens (tertiary/aromatic N) is 2. The molecule has 0 bridgehead atoms. The topological polar surface area (TPSA) is 38.0 Å². The maximum absolute atomic E-state index is 9.05. The summed E-state index contributed by atoms with van der Waals surface area (Å²) in [6, 6.07) is 0. The van der Waals surface area contributed by atoms with E-state index in [0.29, 0.717) is 0 Å². The Bertz CT molecular complexity index is 270. The fourth-order valence-corrected chi connectivity index (χ4v) is 1.86. The van der Waals surface area contributed by atoms with Gasteiger partial charge < -0.3 is 5.11 Å². The molecule has 0 atom stereocenters. The van der Waals surface area contributed by atoms with Crippen LogP contribution in [-0.2, 0) is 19.6 Å². The average Bonchev–Trinajstić information content (AvgIpc) is 2.41. The number of halogens is 1. The van der Waals surface area contributed by atoms with Gasteiger partial charge >= 0.3 is 0 Å². The molecule has 0 amide bonds. The number of hydrogen-bond donors (Lipinski definition) is 1. The summed E-state index contributed by atoms with van der Waals surface area (Å²) >= 11 is 3.42. The van der Waals surface area contributed by atoms with Crippen LogP contribution in [0.4, 0.5) is 0 Å². The van der Waals surface area contributed by atoms with Gasteiger partial charge in [0.2, 0.25) is 0 Å². The first-order valence-electron chi connectivity index (χ1n) is 4.09. The number of aromatic nitrogens is 2. The lowest BCUT2D eigenvalue weighted by molar-refractivity contribution is 0.267. The number of aliphatic hydroxyl groups is 1. The number of hydrogen-bond acceptors (Lipinski definition) is 2. The molecule has 0 radical (unpaired) electrons. The van der Waals surface area contributed by atoms with Crippen molar-refractivity contribution < 1.29 is 5.11 Å². The quantitative estimate of drug-likeness (QED) is 0.863. The Labute approximate surface area is 80.5 Å². The smallest absolute Gasteiger partial charge is 0.0861 e. The molecule has 1 heterocycles.